The second-order valence-electron chi connectivity index (χ2n) is 4.67. The Morgan fingerprint density at radius 3 is 2.40 bits per heavy atom. The van der Waals surface area contributed by atoms with E-state index in [1.165, 1.54) is 18.2 Å². The van der Waals surface area contributed by atoms with Gasteiger partial charge in [-0.25, -0.2) is 13.2 Å². The fourth-order valence-electron chi connectivity index (χ4n) is 2.11. The van der Waals surface area contributed by atoms with Crippen molar-refractivity contribution in [2.24, 2.45) is 5.84 Å². The lowest BCUT2D eigenvalue weighted by Crippen LogP contribution is -2.29. The molecular weight excluding hydrogens is 265 g/mol. The first kappa shape index (κ1) is 14.6. The second-order valence-corrected chi connectivity index (χ2v) is 4.67. The maximum atomic E-state index is 13.3. The summed E-state index contributed by atoms with van der Waals surface area (Å²) in [6.45, 7) is 1.79. The zero-order valence-electron chi connectivity index (χ0n) is 11.0. The van der Waals surface area contributed by atoms with Crippen molar-refractivity contribution in [3.05, 3.63) is 70.5 Å². The Labute approximate surface area is 115 Å². The van der Waals surface area contributed by atoms with Gasteiger partial charge in [-0.3, -0.25) is 11.3 Å². The molecule has 0 fully saturated rings. The van der Waals surface area contributed by atoms with Gasteiger partial charge in [0.1, 0.15) is 5.82 Å². The number of aryl methyl sites for hydroxylation is 1. The van der Waals surface area contributed by atoms with E-state index in [0.29, 0.717) is 12.0 Å². The largest absolute Gasteiger partial charge is 0.271 e. The highest BCUT2D eigenvalue weighted by molar-refractivity contribution is 5.30. The first-order valence-corrected chi connectivity index (χ1v) is 6.17. The van der Waals surface area contributed by atoms with E-state index in [2.05, 4.69) is 5.43 Å². The van der Waals surface area contributed by atoms with Gasteiger partial charge >= 0.3 is 0 Å². The van der Waals surface area contributed by atoms with Gasteiger partial charge in [-0.15, -0.1) is 0 Å². The molecule has 2 rings (SSSR count). The van der Waals surface area contributed by atoms with E-state index in [0.717, 1.165) is 23.3 Å². The lowest BCUT2D eigenvalue weighted by molar-refractivity contribution is 0.497. The molecule has 0 radical (unpaired) electrons. The molecule has 0 bridgehead atoms. The second kappa shape index (κ2) is 6.07. The standard InChI is InChI=1S/C15H15F3N2/c1-9-6-12(16)4-2-10(9)8-15(20-19)11-3-5-13(17)14(18)7-11/h2-7,15,20H,8,19H2,1H3. The zero-order valence-corrected chi connectivity index (χ0v) is 11.0. The molecule has 0 aliphatic rings. The quantitative estimate of drug-likeness (QED) is 0.667. The number of nitrogens with two attached hydrogens (primary N) is 1. The van der Waals surface area contributed by atoms with Crippen molar-refractivity contribution in [2.45, 2.75) is 19.4 Å². The molecule has 0 amide bonds. The molecular formula is C15H15F3N2. The summed E-state index contributed by atoms with van der Waals surface area (Å²) < 4.78 is 39.2. The van der Waals surface area contributed by atoms with Gasteiger partial charge in [-0.1, -0.05) is 12.1 Å². The van der Waals surface area contributed by atoms with Crippen molar-refractivity contribution in [3.63, 3.8) is 0 Å². The summed E-state index contributed by atoms with van der Waals surface area (Å²) in [4.78, 5) is 0. The molecule has 5 heteroatoms. The van der Waals surface area contributed by atoms with Crippen LogP contribution in [0.2, 0.25) is 0 Å². The minimum absolute atomic E-state index is 0.309. The molecule has 1 atom stereocenters. The van der Waals surface area contributed by atoms with E-state index in [1.54, 1.807) is 13.0 Å². The van der Waals surface area contributed by atoms with Gasteiger partial charge in [0.25, 0.3) is 0 Å². The summed E-state index contributed by atoms with van der Waals surface area (Å²) in [5.74, 6) is 3.35. The number of nitrogens with one attached hydrogen (secondary N) is 1. The van der Waals surface area contributed by atoms with E-state index >= 15 is 0 Å². The highest BCUT2D eigenvalue weighted by Crippen LogP contribution is 2.22. The molecule has 0 saturated carbocycles. The first-order valence-electron chi connectivity index (χ1n) is 6.17. The minimum atomic E-state index is -0.918. The Bertz CT molecular complexity index is 614. The highest BCUT2D eigenvalue weighted by Gasteiger charge is 2.14. The molecule has 2 nitrogen and oxygen atoms in total. The summed E-state index contributed by atoms with van der Waals surface area (Å²) in [5.41, 5.74) is 4.78. The molecule has 0 saturated heterocycles. The van der Waals surface area contributed by atoms with Crippen LogP contribution in [0.25, 0.3) is 0 Å². The van der Waals surface area contributed by atoms with Gasteiger partial charge in [0.2, 0.25) is 0 Å². The molecule has 0 spiro atoms. The Balaban J connectivity index is 2.26. The van der Waals surface area contributed by atoms with Crippen LogP contribution < -0.4 is 11.3 Å². The smallest absolute Gasteiger partial charge is 0.159 e. The third kappa shape index (κ3) is 3.18. The number of hydrogen-bond acceptors (Lipinski definition) is 2. The Kier molecular flexibility index (Phi) is 4.42. The predicted molar refractivity (Wildman–Crippen MR) is 71.3 cm³/mol. The maximum absolute atomic E-state index is 13.3. The van der Waals surface area contributed by atoms with Gasteiger partial charge in [0, 0.05) is 0 Å². The van der Waals surface area contributed by atoms with Crippen molar-refractivity contribution in [2.75, 3.05) is 0 Å². The summed E-state index contributed by atoms with van der Waals surface area (Å²) in [6.07, 6.45) is 0.452. The van der Waals surface area contributed by atoms with Crippen LogP contribution in [-0.4, -0.2) is 0 Å². The molecule has 20 heavy (non-hydrogen) atoms. The van der Waals surface area contributed by atoms with Crippen LogP contribution in [0.3, 0.4) is 0 Å². The predicted octanol–water partition coefficient (Wildman–Crippen LogP) is 3.16. The minimum Gasteiger partial charge on any atom is -0.271 e. The van der Waals surface area contributed by atoms with Crippen molar-refractivity contribution in [1.29, 1.82) is 0 Å². The highest BCUT2D eigenvalue weighted by atomic mass is 19.2. The monoisotopic (exact) mass is 280 g/mol. The van der Waals surface area contributed by atoms with E-state index in [-0.39, 0.29) is 11.9 Å². The van der Waals surface area contributed by atoms with Gasteiger partial charge in [0.05, 0.1) is 6.04 Å². The molecule has 3 N–H and O–H groups in total. The topological polar surface area (TPSA) is 38.0 Å². The average Bonchev–Trinajstić information content (AvgIpc) is 2.41. The van der Waals surface area contributed by atoms with Crippen molar-refractivity contribution >= 4 is 0 Å². The number of benzene rings is 2. The van der Waals surface area contributed by atoms with E-state index < -0.39 is 11.6 Å². The van der Waals surface area contributed by atoms with Crippen LogP contribution in [0.1, 0.15) is 22.7 Å². The van der Waals surface area contributed by atoms with Gasteiger partial charge < -0.3 is 0 Å². The molecule has 0 aromatic heterocycles. The zero-order chi connectivity index (χ0) is 14.7. The van der Waals surface area contributed by atoms with Crippen LogP contribution in [0.5, 0.6) is 0 Å². The van der Waals surface area contributed by atoms with Gasteiger partial charge in [-0.05, 0) is 54.3 Å². The number of rotatable bonds is 4. The van der Waals surface area contributed by atoms with Crippen molar-refractivity contribution < 1.29 is 13.2 Å². The Morgan fingerprint density at radius 1 is 1.05 bits per heavy atom. The Hall–Kier alpha value is -1.85. The molecule has 106 valence electrons. The molecule has 2 aromatic carbocycles. The lowest BCUT2D eigenvalue weighted by Gasteiger charge is -2.18. The van der Waals surface area contributed by atoms with Crippen LogP contribution in [-0.2, 0) is 6.42 Å². The van der Waals surface area contributed by atoms with Crippen LogP contribution in [0.4, 0.5) is 13.2 Å². The van der Waals surface area contributed by atoms with Crippen LogP contribution in [0, 0.1) is 24.4 Å². The number of hydrogen-bond donors (Lipinski definition) is 2. The van der Waals surface area contributed by atoms with E-state index in [1.807, 2.05) is 0 Å². The summed E-state index contributed by atoms with van der Waals surface area (Å²) >= 11 is 0. The maximum Gasteiger partial charge on any atom is 0.159 e. The molecule has 2 aromatic rings. The average molecular weight is 280 g/mol. The van der Waals surface area contributed by atoms with Gasteiger partial charge in [-0.2, -0.15) is 0 Å². The van der Waals surface area contributed by atoms with Crippen LogP contribution in [0.15, 0.2) is 36.4 Å². The summed E-state index contributed by atoms with van der Waals surface area (Å²) in [7, 11) is 0. The third-order valence-electron chi connectivity index (χ3n) is 3.28. The lowest BCUT2D eigenvalue weighted by atomic mass is 9.96. The number of hydrazine groups is 1. The SMILES string of the molecule is Cc1cc(F)ccc1CC(NN)c1ccc(F)c(F)c1. The van der Waals surface area contributed by atoms with Crippen LogP contribution >= 0.6 is 0 Å². The molecule has 0 aliphatic carbocycles. The fourth-order valence-corrected chi connectivity index (χ4v) is 2.11. The third-order valence-corrected chi connectivity index (χ3v) is 3.28. The summed E-state index contributed by atoms with van der Waals surface area (Å²) in [5, 5.41) is 0. The fraction of sp³-hybridized carbons (Fsp3) is 0.200. The normalized spacial score (nSPS) is 12.4. The van der Waals surface area contributed by atoms with E-state index in [9.17, 15) is 13.2 Å². The number of halogens is 3. The Morgan fingerprint density at radius 2 is 1.80 bits per heavy atom. The first-order chi connectivity index (χ1) is 9.51. The van der Waals surface area contributed by atoms with E-state index in [4.69, 9.17) is 5.84 Å². The van der Waals surface area contributed by atoms with Gasteiger partial charge in [0.15, 0.2) is 11.6 Å². The van der Waals surface area contributed by atoms with Crippen molar-refractivity contribution in [1.82, 2.24) is 5.43 Å². The molecule has 0 heterocycles. The summed E-state index contributed by atoms with van der Waals surface area (Å²) in [6, 6.07) is 7.71. The molecule has 0 aliphatic heterocycles. The van der Waals surface area contributed by atoms with Crippen molar-refractivity contribution in [3.8, 4) is 0 Å². The molecule has 1 unspecified atom stereocenters.